The first-order chi connectivity index (χ1) is 16.0. The van der Waals surface area contributed by atoms with E-state index in [2.05, 4.69) is 53.5 Å². The highest BCUT2D eigenvalue weighted by molar-refractivity contribution is 6.04. The number of amides is 1. The molecule has 174 valence electrons. The zero-order valence-electron chi connectivity index (χ0n) is 20.1. The molecule has 1 N–H and O–H groups in total. The highest BCUT2D eigenvalue weighted by atomic mass is 16.1. The second-order valence-electron chi connectivity index (χ2n) is 11.9. The van der Waals surface area contributed by atoms with Crippen molar-refractivity contribution in [3.8, 4) is 0 Å². The molecule has 33 heavy (non-hydrogen) atoms. The summed E-state index contributed by atoms with van der Waals surface area (Å²) >= 11 is 0. The van der Waals surface area contributed by atoms with Crippen LogP contribution in [0.3, 0.4) is 0 Å². The van der Waals surface area contributed by atoms with Crippen molar-refractivity contribution in [2.75, 3.05) is 18.4 Å². The Hall–Kier alpha value is -2.13. The van der Waals surface area contributed by atoms with Crippen molar-refractivity contribution in [1.82, 2.24) is 4.90 Å². The van der Waals surface area contributed by atoms with Crippen molar-refractivity contribution < 1.29 is 4.79 Å². The van der Waals surface area contributed by atoms with Gasteiger partial charge >= 0.3 is 0 Å². The van der Waals surface area contributed by atoms with Crippen molar-refractivity contribution in [2.24, 2.45) is 23.7 Å². The van der Waals surface area contributed by atoms with Crippen LogP contribution < -0.4 is 5.32 Å². The fourth-order valence-corrected chi connectivity index (χ4v) is 8.02. The van der Waals surface area contributed by atoms with Gasteiger partial charge in [0.05, 0.1) is 0 Å². The lowest BCUT2D eigenvalue weighted by Gasteiger charge is -2.57. The third-order valence-electron chi connectivity index (χ3n) is 9.16. The summed E-state index contributed by atoms with van der Waals surface area (Å²) in [6.07, 6.45) is 11.2. The fraction of sp³-hybridized carbons (Fsp3) is 0.567. The molecule has 2 aromatic carbocycles. The largest absolute Gasteiger partial charge is 0.322 e. The molecule has 0 spiro atoms. The van der Waals surface area contributed by atoms with Gasteiger partial charge in [-0.1, -0.05) is 31.2 Å². The molecular weight excluding hydrogens is 404 g/mol. The van der Waals surface area contributed by atoms with Crippen molar-refractivity contribution >= 4 is 11.6 Å². The fourth-order valence-electron chi connectivity index (χ4n) is 8.02. The molecule has 0 aromatic heterocycles. The molecule has 4 aliphatic carbocycles. The number of carbonyl (C=O) groups excluding carboxylic acids is 1. The van der Waals surface area contributed by atoms with Crippen molar-refractivity contribution in [2.45, 2.75) is 70.3 Å². The Bertz CT molecular complexity index is 958. The van der Waals surface area contributed by atoms with E-state index in [1.54, 1.807) is 0 Å². The number of nitrogens with zero attached hydrogens (tertiary/aromatic N) is 1. The lowest BCUT2D eigenvalue weighted by molar-refractivity contribution is -0.00518. The lowest BCUT2D eigenvalue weighted by Crippen LogP contribution is -2.48. The summed E-state index contributed by atoms with van der Waals surface area (Å²) < 4.78 is 0. The summed E-state index contributed by atoms with van der Waals surface area (Å²) in [7, 11) is 0. The van der Waals surface area contributed by atoms with Gasteiger partial charge in [0.25, 0.3) is 5.91 Å². The molecule has 1 amide bonds. The maximum atomic E-state index is 12.8. The zero-order valence-corrected chi connectivity index (χ0v) is 20.1. The number of piperidine rings is 1. The number of likely N-dealkylation sites (tertiary alicyclic amines) is 1. The molecule has 1 aliphatic heterocycles. The Kier molecular flexibility index (Phi) is 5.57. The molecule has 0 unspecified atom stereocenters. The highest BCUT2D eigenvalue weighted by Gasteiger charge is 2.51. The van der Waals surface area contributed by atoms with E-state index in [9.17, 15) is 4.79 Å². The van der Waals surface area contributed by atoms with Crippen molar-refractivity contribution in [3.63, 3.8) is 0 Å². The first-order valence-corrected chi connectivity index (χ1v) is 13.3. The van der Waals surface area contributed by atoms with Crippen LogP contribution in [0.25, 0.3) is 0 Å². The monoisotopic (exact) mass is 442 g/mol. The third kappa shape index (κ3) is 4.37. The summed E-state index contributed by atoms with van der Waals surface area (Å²) in [6, 6.07) is 17.0. The summed E-state index contributed by atoms with van der Waals surface area (Å²) in [4.78, 5) is 15.4. The van der Waals surface area contributed by atoms with Crippen LogP contribution in [0.4, 0.5) is 5.69 Å². The zero-order chi connectivity index (χ0) is 22.4. The average Bonchev–Trinajstić information content (AvgIpc) is 2.79. The van der Waals surface area contributed by atoms with E-state index in [1.807, 2.05) is 12.1 Å². The normalized spacial score (nSPS) is 33.2. The predicted octanol–water partition coefficient (Wildman–Crippen LogP) is 6.64. The van der Waals surface area contributed by atoms with Gasteiger partial charge < -0.3 is 5.32 Å². The van der Waals surface area contributed by atoms with Gasteiger partial charge in [-0.2, -0.15) is 0 Å². The molecule has 4 saturated carbocycles. The predicted molar refractivity (Wildman–Crippen MR) is 134 cm³/mol. The maximum absolute atomic E-state index is 12.8. The lowest BCUT2D eigenvalue weighted by atomic mass is 9.48. The maximum Gasteiger partial charge on any atom is 0.255 e. The van der Waals surface area contributed by atoms with Crippen LogP contribution in [0.2, 0.25) is 0 Å². The SMILES string of the molecule is C[C@H]1CCCN(Cc2ccc(C(=O)Nc3ccc(C45CC6CC(CC(C6)C4)C5)cc3)cc2)C1. The van der Waals surface area contributed by atoms with E-state index in [0.717, 1.165) is 41.5 Å². The minimum atomic E-state index is -0.0179. The molecular formula is C30H38N2O. The second kappa shape index (κ2) is 8.58. The van der Waals surface area contributed by atoms with Gasteiger partial charge in [0.15, 0.2) is 0 Å². The molecule has 3 nitrogen and oxygen atoms in total. The topological polar surface area (TPSA) is 32.3 Å². The van der Waals surface area contributed by atoms with Crippen LogP contribution in [0.1, 0.15) is 79.8 Å². The first-order valence-electron chi connectivity index (χ1n) is 13.3. The van der Waals surface area contributed by atoms with Gasteiger partial charge in [0.1, 0.15) is 0 Å². The summed E-state index contributed by atoms with van der Waals surface area (Å²) in [6.45, 7) is 5.70. The average molecular weight is 443 g/mol. The van der Waals surface area contributed by atoms with Crippen LogP contribution in [-0.2, 0) is 12.0 Å². The van der Waals surface area contributed by atoms with E-state index in [-0.39, 0.29) is 5.91 Å². The minimum absolute atomic E-state index is 0.0179. The molecule has 4 bridgehead atoms. The van der Waals surface area contributed by atoms with Gasteiger partial charge in [-0.15, -0.1) is 0 Å². The van der Waals surface area contributed by atoms with Crippen LogP contribution in [0, 0.1) is 23.7 Å². The van der Waals surface area contributed by atoms with Crippen LogP contribution >= 0.6 is 0 Å². The minimum Gasteiger partial charge on any atom is -0.322 e. The number of rotatable bonds is 5. The quantitative estimate of drug-likeness (QED) is 0.563. The van der Waals surface area contributed by atoms with Gasteiger partial charge in [0, 0.05) is 24.3 Å². The van der Waals surface area contributed by atoms with Gasteiger partial charge in [-0.05, 0) is 122 Å². The molecule has 7 rings (SSSR count). The number of hydrogen-bond acceptors (Lipinski definition) is 2. The molecule has 1 atom stereocenters. The van der Waals surface area contributed by atoms with Crippen molar-refractivity contribution in [3.05, 3.63) is 65.2 Å². The third-order valence-corrected chi connectivity index (χ3v) is 9.16. The van der Waals surface area contributed by atoms with E-state index in [1.165, 1.54) is 75.6 Å². The summed E-state index contributed by atoms with van der Waals surface area (Å²) in [5.74, 6) is 3.64. The second-order valence-corrected chi connectivity index (χ2v) is 11.9. The van der Waals surface area contributed by atoms with E-state index in [0.29, 0.717) is 5.41 Å². The van der Waals surface area contributed by atoms with Crippen LogP contribution in [0.5, 0.6) is 0 Å². The van der Waals surface area contributed by atoms with Crippen LogP contribution in [0.15, 0.2) is 48.5 Å². The Labute approximate surface area is 199 Å². The van der Waals surface area contributed by atoms with Gasteiger partial charge in [0.2, 0.25) is 0 Å². The summed E-state index contributed by atoms with van der Waals surface area (Å²) in [5, 5.41) is 3.12. The molecule has 5 fully saturated rings. The van der Waals surface area contributed by atoms with Gasteiger partial charge in [-0.3, -0.25) is 9.69 Å². The number of nitrogens with one attached hydrogen (secondary N) is 1. The van der Waals surface area contributed by atoms with E-state index < -0.39 is 0 Å². The van der Waals surface area contributed by atoms with Gasteiger partial charge in [-0.25, -0.2) is 0 Å². The Morgan fingerprint density at radius 3 is 2.18 bits per heavy atom. The molecule has 0 radical (unpaired) electrons. The Morgan fingerprint density at radius 2 is 1.58 bits per heavy atom. The highest BCUT2D eigenvalue weighted by Crippen LogP contribution is 2.60. The standard InChI is InChI=1S/C30H38N2O/c1-21-3-2-12-32(19-21)20-22-4-6-26(7-5-22)29(33)31-28-10-8-27(9-11-28)30-16-23-13-24(17-30)15-25(14-23)18-30/h4-11,21,23-25H,2-3,12-20H2,1H3,(H,31,33)/t21-,23?,24?,25?,30?/m0/s1. The van der Waals surface area contributed by atoms with Crippen molar-refractivity contribution in [1.29, 1.82) is 0 Å². The molecule has 3 heteroatoms. The molecule has 1 heterocycles. The Balaban J connectivity index is 1.08. The summed E-state index contributed by atoms with van der Waals surface area (Å²) in [5.41, 5.74) is 4.85. The smallest absolute Gasteiger partial charge is 0.255 e. The molecule has 2 aromatic rings. The van der Waals surface area contributed by atoms with Crippen LogP contribution in [-0.4, -0.2) is 23.9 Å². The number of anilines is 1. The Morgan fingerprint density at radius 1 is 0.939 bits per heavy atom. The number of hydrogen-bond donors (Lipinski definition) is 1. The number of carbonyl (C=O) groups is 1. The molecule has 1 saturated heterocycles. The molecule has 5 aliphatic rings. The van der Waals surface area contributed by atoms with E-state index >= 15 is 0 Å². The number of benzene rings is 2. The van der Waals surface area contributed by atoms with E-state index in [4.69, 9.17) is 0 Å². The first kappa shape index (κ1) is 21.4.